The van der Waals surface area contributed by atoms with Crippen molar-refractivity contribution in [2.24, 2.45) is 5.92 Å². The van der Waals surface area contributed by atoms with E-state index < -0.39 is 0 Å². The highest BCUT2D eigenvalue weighted by molar-refractivity contribution is 5.89. The molecular weight excluding hydrogens is 331 g/mol. The van der Waals surface area contributed by atoms with E-state index in [9.17, 15) is 4.39 Å². The number of H-pyrrole nitrogens is 1. The molecule has 1 aliphatic rings. The average molecular weight is 355 g/mol. The van der Waals surface area contributed by atoms with Crippen molar-refractivity contribution in [1.82, 2.24) is 20.2 Å². The van der Waals surface area contributed by atoms with Crippen LogP contribution in [0.2, 0.25) is 0 Å². The van der Waals surface area contributed by atoms with E-state index in [0.29, 0.717) is 29.0 Å². The Morgan fingerprint density at radius 1 is 1.35 bits per heavy atom. The molecule has 0 amide bonds. The fourth-order valence-corrected chi connectivity index (χ4v) is 3.71. The normalized spacial score (nSPS) is 18.0. The van der Waals surface area contributed by atoms with E-state index in [1.807, 2.05) is 12.1 Å². The highest BCUT2D eigenvalue weighted by Crippen LogP contribution is 2.28. The second-order valence-corrected chi connectivity index (χ2v) is 7.33. The first-order valence-corrected chi connectivity index (χ1v) is 9.16. The van der Waals surface area contributed by atoms with Crippen molar-refractivity contribution in [2.75, 3.05) is 24.5 Å². The average Bonchev–Trinajstić information content (AvgIpc) is 3.06. The molecule has 0 aliphatic carbocycles. The summed E-state index contributed by atoms with van der Waals surface area (Å²) in [5.41, 5.74) is 1.45. The zero-order chi connectivity index (χ0) is 18.1. The number of pyridine rings is 2. The number of rotatable bonds is 4. The zero-order valence-electron chi connectivity index (χ0n) is 15.1. The molecule has 0 saturated carbocycles. The van der Waals surface area contributed by atoms with Crippen LogP contribution in [0.3, 0.4) is 0 Å². The standard InChI is InChI=1S/C19H23FN6/c1-12(2)10-13-11-26(9-8-21-13)16-6-5-15(20)18(23-16)17-14-4-3-7-22-19(14)25-24-17/h3-7,12-13,21H,8-11H2,1-2H3,(H,22,24,25)/p+1/t13-/m0/s1. The third-order valence-corrected chi connectivity index (χ3v) is 4.85. The molecule has 26 heavy (non-hydrogen) atoms. The first-order chi connectivity index (χ1) is 12.6. The number of anilines is 1. The molecule has 1 aliphatic heterocycles. The number of aromatic nitrogens is 4. The van der Waals surface area contributed by atoms with E-state index in [1.165, 1.54) is 12.5 Å². The number of nitrogens with one attached hydrogen (secondary N) is 1. The molecule has 3 aromatic heterocycles. The highest BCUT2D eigenvalue weighted by atomic mass is 19.1. The van der Waals surface area contributed by atoms with E-state index in [2.05, 4.69) is 44.2 Å². The van der Waals surface area contributed by atoms with Crippen LogP contribution in [0.1, 0.15) is 20.3 Å². The molecule has 4 rings (SSSR count). The third-order valence-electron chi connectivity index (χ3n) is 4.85. The lowest BCUT2D eigenvalue weighted by Crippen LogP contribution is -2.95. The van der Waals surface area contributed by atoms with E-state index in [1.54, 1.807) is 12.3 Å². The fourth-order valence-electron chi connectivity index (χ4n) is 3.71. The van der Waals surface area contributed by atoms with Crippen LogP contribution in [0.25, 0.3) is 22.4 Å². The lowest BCUT2D eigenvalue weighted by Gasteiger charge is -2.32. The van der Waals surface area contributed by atoms with E-state index in [0.717, 1.165) is 30.8 Å². The molecule has 0 radical (unpaired) electrons. The van der Waals surface area contributed by atoms with Gasteiger partial charge in [-0.15, -0.1) is 0 Å². The predicted molar refractivity (Wildman–Crippen MR) is 99.3 cm³/mol. The number of piperazine rings is 1. The van der Waals surface area contributed by atoms with Gasteiger partial charge in [0.15, 0.2) is 11.5 Å². The number of nitrogens with two attached hydrogens (primary N) is 1. The summed E-state index contributed by atoms with van der Waals surface area (Å²) >= 11 is 0. The van der Waals surface area contributed by atoms with E-state index in [4.69, 9.17) is 0 Å². The Morgan fingerprint density at radius 3 is 3.08 bits per heavy atom. The van der Waals surface area contributed by atoms with Crippen LogP contribution in [0.5, 0.6) is 0 Å². The number of halogens is 1. The van der Waals surface area contributed by atoms with Gasteiger partial charge in [0.25, 0.3) is 0 Å². The summed E-state index contributed by atoms with van der Waals surface area (Å²) in [5.74, 6) is 1.12. The van der Waals surface area contributed by atoms with Gasteiger partial charge in [0.05, 0.1) is 25.3 Å². The van der Waals surface area contributed by atoms with Gasteiger partial charge in [-0.05, 0) is 30.2 Å². The highest BCUT2D eigenvalue weighted by Gasteiger charge is 2.25. The summed E-state index contributed by atoms with van der Waals surface area (Å²) in [5, 5.41) is 10.2. The molecule has 4 heterocycles. The van der Waals surface area contributed by atoms with Crippen LogP contribution >= 0.6 is 0 Å². The van der Waals surface area contributed by atoms with Gasteiger partial charge in [-0.3, -0.25) is 5.10 Å². The lowest BCUT2D eigenvalue weighted by atomic mass is 10.0. The van der Waals surface area contributed by atoms with Crippen molar-refractivity contribution in [3.8, 4) is 11.4 Å². The maximum absolute atomic E-state index is 14.5. The van der Waals surface area contributed by atoms with Crippen molar-refractivity contribution in [2.45, 2.75) is 26.3 Å². The lowest BCUT2D eigenvalue weighted by molar-refractivity contribution is -0.691. The molecule has 1 atom stereocenters. The first kappa shape index (κ1) is 16.9. The molecule has 1 fully saturated rings. The summed E-state index contributed by atoms with van der Waals surface area (Å²) in [6.45, 7) is 7.37. The Morgan fingerprint density at radius 2 is 2.23 bits per heavy atom. The topological polar surface area (TPSA) is 74.3 Å². The summed E-state index contributed by atoms with van der Waals surface area (Å²) < 4.78 is 14.5. The molecule has 3 aromatic rings. The minimum absolute atomic E-state index is 0.299. The van der Waals surface area contributed by atoms with Crippen LogP contribution in [0, 0.1) is 11.7 Å². The SMILES string of the molecule is CC(C)C[C@H]1CN(c2ccc(F)c(-c3[nH]nc4ncccc34)n2)CC[NH2+]1. The molecule has 1 saturated heterocycles. The van der Waals surface area contributed by atoms with Gasteiger partial charge in [-0.2, -0.15) is 5.10 Å². The van der Waals surface area contributed by atoms with Crippen molar-refractivity contribution >= 4 is 16.9 Å². The number of fused-ring (bicyclic) bond motifs is 1. The van der Waals surface area contributed by atoms with Crippen molar-refractivity contribution in [3.63, 3.8) is 0 Å². The third kappa shape index (κ3) is 3.26. The van der Waals surface area contributed by atoms with Crippen LogP contribution in [0.4, 0.5) is 10.2 Å². The molecular formula is C19H24FN6+. The first-order valence-electron chi connectivity index (χ1n) is 9.16. The van der Waals surface area contributed by atoms with Crippen molar-refractivity contribution < 1.29 is 9.71 Å². The van der Waals surface area contributed by atoms with Gasteiger partial charge < -0.3 is 10.2 Å². The molecule has 6 nitrogen and oxygen atoms in total. The van der Waals surface area contributed by atoms with Gasteiger partial charge in [-0.25, -0.2) is 14.4 Å². The van der Waals surface area contributed by atoms with Crippen LogP contribution < -0.4 is 10.2 Å². The number of hydrogen-bond donors (Lipinski definition) is 2. The van der Waals surface area contributed by atoms with Crippen molar-refractivity contribution in [1.29, 1.82) is 0 Å². The molecule has 0 aromatic carbocycles. The maximum Gasteiger partial charge on any atom is 0.181 e. The second kappa shape index (κ2) is 6.99. The van der Waals surface area contributed by atoms with Crippen LogP contribution in [-0.4, -0.2) is 45.8 Å². The number of quaternary nitrogens is 1. The van der Waals surface area contributed by atoms with Gasteiger partial charge in [-0.1, -0.05) is 13.8 Å². The van der Waals surface area contributed by atoms with Crippen LogP contribution in [-0.2, 0) is 0 Å². The van der Waals surface area contributed by atoms with Gasteiger partial charge in [0.2, 0.25) is 0 Å². The molecule has 0 bridgehead atoms. The van der Waals surface area contributed by atoms with Crippen molar-refractivity contribution in [3.05, 3.63) is 36.3 Å². The largest absolute Gasteiger partial charge is 0.345 e. The Hall–Kier alpha value is -2.54. The second-order valence-electron chi connectivity index (χ2n) is 7.33. The summed E-state index contributed by atoms with van der Waals surface area (Å²) in [4.78, 5) is 11.1. The number of aromatic amines is 1. The number of hydrogen-bond acceptors (Lipinski definition) is 4. The molecule has 0 unspecified atom stereocenters. The van der Waals surface area contributed by atoms with Gasteiger partial charge in [0, 0.05) is 18.0 Å². The smallest absolute Gasteiger partial charge is 0.181 e. The summed E-state index contributed by atoms with van der Waals surface area (Å²) in [6, 6.07) is 7.52. The summed E-state index contributed by atoms with van der Waals surface area (Å²) in [6.07, 6.45) is 2.84. The fraction of sp³-hybridized carbons (Fsp3) is 0.421. The number of nitrogens with zero attached hydrogens (tertiary/aromatic N) is 4. The monoisotopic (exact) mass is 355 g/mol. The Kier molecular flexibility index (Phi) is 4.55. The van der Waals surface area contributed by atoms with Gasteiger partial charge in [0.1, 0.15) is 17.6 Å². The van der Waals surface area contributed by atoms with Crippen LogP contribution in [0.15, 0.2) is 30.5 Å². The zero-order valence-corrected chi connectivity index (χ0v) is 15.1. The molecule has 3 N–H and O–H groups in total. The summed E-state index contributed by atoms with van der Waals surface area (Å²) in [7, 11) is 0. The van der Waals surface area contributed by atoms with E-state index in [-0.39, 0.29) is 5.82 Å². The van der Waals surface area contributed by atoms with Gasteiger partial charge >= 0.3 is 0 Å². The van der Waals surface area contributed by atoms with E-state index >= 15 is 0 Å². The molecule has 7 heteroatoms. The molecule has 0 spiro atoms. The maximum atomic E-state index is 14.5. The quantitative estimate of drug-likeness (QED) is 0.750. The Bertz CT molecular complexity index is 906. The minimum atomic E-state index is -0.356. The predicted octanol–water partition coefficient (Wildman–Crippen LogP) is 1.96. The Labute approximate surface area is 151 Å². The minimum Gasteiger partial charge on any atom is -0.345 e. The Balaban J connectivity index is 1.66. The molecule has 136 valence electrons.